The molecule has 0 aromatic carbocycles. The van der Waals surface area contributed by atoms with E-state index in [0.717, 1.165) is 12.8 Å². The van der Waals surface area contributed by atoms with Gasteiger partial charge in [0.15, 0.2) is 0 Å². The second-order valence-corrected chi connectivity index (χ2v) is 6.23. The Morgan fingerprint density at radius 1 is 1.26 bits per heavy atom. The second kappa shape index (κ2) is 8.54. The van der Waals surface area contributed by atoms with Crippen molar-refractivity contribution < 1.29 is 9.53 Å². The highest BCUT2D eigenvalue weighted by Crippen LogP contribution is 2.21. The molecule has 0 fully saturated rings. The van der Waals surface area contributed by atoms with Crippen molar-refractivity contribution in [2.24, 2.45) is 11.1 Å². The smallest absolute Gasteiger partial charge is 0.224 e. The molecule has 0 aliphatic carbocycles. The Balaban J connectivity index is 4.71. The van der Waals surface area contributed by atoms with Gasteiger partial charge in [-0.15, -0.1) is 0 Å². The van der Waals surface area contributed by atoms with Crippen LogP contribution in [0.2, 0.25) is 0 Å². The van der Waals surface area contributed by atoms with Crippen LogP contribution in [0, 0.1) is 5.41 Å². The van der Waals surface area contributed by atoms with Crippen LogP contribution in [0.5, 0.6) is 0 Å². The molecule has 0 bridgehead atoms. The number of hydrogen-bond acceptors (Lipinski definition) is 3. The van der Waals surface area contributed by atoms with Crippen LogP contribution in [0.3, 0.4) is 0 Å². The second-order valence-electron chi connectivity index (χ2n) is 6.23. The first-order chi connectivity index (χ1) is 8.77. The molecule has 0 aliphatic heterocycles. The number of nitrogens with zero attached hydrogens (tertiary/aromatic N) is 1. The first-order valence-electron chi connectivity index (χ1n) is 7.31. The lowest BCUT2D eigenvalue weighted by Crippen LogP contribution is -2.46. The van der Waals surface area contributed by atoms with E-state index in [0.29, 0.717) is 19.6 Å². The normalized spacial score (nSPS) is 13.7. The van der Waals surface area contributed by atoms with E-state index in [4.69, 9.17) is 10.5 Å². The summed E-state index contributed by atoms with van der Waals surface area (Å²) < 4.78 is 5.11. The summed E-state index contributed by atoms with van der Waals surface area (Å²) >= 11 is 0. The lowest BCUT2D eigenvalue weighted by atomic mass is 9.85. The van der Waals surface area contributed by atoms with E-state index in [1.54, 1.807) is 7.11 Å². The van der Waals surface area contributed by atoms with E-state index in [9.17, 15) is 4.79 Å². The van der Waals surface area contributed by atoms with Crippen molar-refractivity contribution in [1.82, 2.24) is 4.90 Å². The average Bonchev–Trinajstić information content (AvgIpc) is 2.33. The maximum atomic E-state index is 12.5. The molecule has 1 unspecified atom stereocenters. The molecule has 0 aromatic heterocycles. The summed E-state index contributed by atoms with van der Waals surface area (Å²) in [5, 5.41) is 0. The summed E-state index contributed by atoms with van der Waals surface area (Å²) in [4.78, 5) is 14.4. The van der Waals surface area contributed by atoms with Crippen molar-refractivity contribution in [3.8, 4) is 0 Å². The van der Waals surface area contributed by atoms with Gasteiger partial charge in [-0.2, -0.15) is 0 Å². The monoisotopic (exact) mass is 272 g/mol. The number of carbonyl (C=O) groups excluding carboxylic acids is 1. The van der Waals surface area contributed by atoms with Gasteiger partial charge in [-0.05, 0) is 18.3 Å². The van der Waals surface area contributed by atoms with Crippen LogP contribution in [0.4, 0.5) is 0 Å². The van der Waals surface area contributed by atoms with E-state index >= 15 is 0 Å². The number of nitrogens with two attached hydrogens (primary N) is 1. The topological polar surface area (TPSA) is 55.6 Å². The van der Waals surface area contributed by atoms with Crippen LogP contribution in [-0.2, 0) is 9.53 Å². The van der Waals surface area contributed by atoms with Gasteiger partial charge in [0, 0.05) is 32.2 Å². The standard InChI is InChI=1S/C15H32N2O2/c1-7-12(8-2)17(9-10-19-6)14(18)11-13(16)15(3,4)5/h12-13H,7-11,16H2,1-6H3. The van der Waals surface area contributed by atoms with Crippen LogP contribution in [-0.4, -0.2) is 43.2 Å². The fraction of sp³-hybridized carbons (Fsp3) is 0.933. The van der Waals surface area contributed by atoms with Crippen LogP contribution in [0.1, 0.15) is 53.9 Å². The molecular weight excluding hydrogens is 240 g/mol. The van der Waals surface area contributed by atoms with E-state index in [2.05, 4.69) is 34.6 Å². The molecule has 0 saturated carbocycles. The minimum absolute atomic E-state index is 0.0451. The lowest BCUT2D eigenvalue weighted by molar-refractivity contribution is -0.135. The molecule has 4 heteroatoms. The minimum atomic E-state index is -0.112. The van der Waals surface area contributed by atoms with Crippen LogP contribution < -0.4 is 5.73 Å². The molecular formula is C15H32N2O2. The molecule has 0 aliphatic rings. The zero-order chi connectivity index (χ0) is 15.1. The van der Waals surface area contributed by atoms with Crippen molar-refractivity contribution in [1.29, 1.82) is 0 Å². The molecule has 4 nitrogen and oxygen atoms in total. The quantitative estimate of drug-likeness (QED) is 0.738. The summed E-state index contributed by atoms with van der Waals surface area (Å²) in [6.45, 7) is 11.7. The molecule has 114 valence electrons. The van der Waals surface area contributed by atoms with Crippen LogP contribution in [0.25, 0.3) is 0 Å². The first kappa shape index (κ1) is 18.4. The highest BCUT2D eigenvalue weighted by molar-refractivity contribution is 5.77. The zero-order valence-electron chi connectivity index (χ0n) is 13.5. The van der Waals surface area contributed by atoms with Gasteiger partial charge in [0.2, 0.25) is 5.91 Å². The van der Waals surface area contributed by atoms with E-state index in [1.165, 1.54) is 0 Å². The molecule has 0 heterocycles. The molecule has 0 saturated heterocycles. The number of methoxy groups -OCH3 is 1. The summed E-state index contributed by atoms with van der Waals surface area (Å²) in [5.41, 5.74) is 6.08. The van der Waals surface area contributed by atoms with Gasteiger partial charge in [-0.3, -0.25) is 4.79 Å². The number of carbonyl (C=O) groups is 1. The number of hydrogen-bond donors (Lipinski definition) is 1. The van der Waals surface area contributed by atoms with E-state index in [-0.39, 0.29) is 23.4 Å². The summed E-state index contributed by atoms with van der Waals surface area (Å²) in [7, 11) is 1.66. The van der Waals surface area contributed by atoms with Crippen molar-refractivity contribution in [3.05, 3.63) is 0 Å². The Hall–Kier alpha value is -0.610. The molecule has 19 heavy (non-hydrogen) atoms. The molecule has 2 N–H and O–H groups in total. The summed E-state index contributed by atoms with van der Waals surface area (Å²) in [5.74, 6) is 0.146. The van der Waals surface area contributed by atoms with Gasteiger partial charge in [-0.1, -0.05) is 34.6 Å². The van der Waals surface area contributed by atoms with Crippen molar-refractivity contribution in [2.45, 2.75) is 66.0 Å². The summed E-state index contributed by atoms with van der Waals surface area (Å²) in [6.07, 6.45) is 2.34. The summed E-state index contributed by atoms with van der Waals surface area (Å²) in [6, 6.07) is 0.175. The van der Waals surface area contributed by atoms with Crippen LogP contribution >= 0.6 is 0 Å². The molecule has 1 amide bonds. The number of rotatable bonds is 8. The van der Waals surface area contributed by atoms with E-state index in [1.807, 2.05) is 4.90 Å². The van der Waals surface area contributed by atoms with E-state index < -0.39 is 0 Å². The average molecular weight is 272 g/mol. The molecule has 0 rings (SSSR count). The largest absolute Gasteiger partial charge is 0.383 e. The van der Waals surface area contributed by atoms with Crippen molar-refractivity contribution >= 4 is 5.91 Å². The van der Waals surface area contributed by atoms with Gasteiger partial charge < -0.3 is 15.4 Å². The highest BCUT2D eigenvalue weighted by Gasteiger charge is 2.27. The predicted molar refractivity (Wildman–Crippen MR) is 80.0 cm³/mol. The third kappa shape index (κ3) is 6.39. The molecule has 0 radical (unpaired) electrons. The third-order valence-corrected chi connectivity index (χ3v) is 3.75. The fourth-order valence-electron chi connectivity index (χ4n) is 2.04. The Bertz CT molecular complexity index is 257. The lowest BCUT2D eigenvalue weighted by Gasteiger charge is -2.33. The van der Waals surface area contributed by atoms with Crippen molar-refractivity contribution in [2.75, 3.05) is 20.3 Å². The SMILES string of the molecule is CCC(CC)N(CCOC)C(=O)CC(N)C(C)(C)C. The predicted octanol–water partition coefficient (Wildman–Crippen LogP) is 2.41. The molecule has 0 spiro atoms. The minimum Gasteiger partial charge on any atom is -0.383 e. The third-order valence-electron chi connectivity index (χ3n) is 3.75. The van der Waals surface area contributed by atoms with Gasteiger partial charge in [0.25, 0.3) is 0 Å². The number of ether oxygens (including phenoxy) is 1. The van der Waals surface area contributed by atoms with Gasteiger partial charge in [0.05, 0.1) is 6.61 Å². The number of amides is 1. The highest BCUT2D eigenvalue weighted by atomic mass is 16.5. The fourth-order valence-corrected chi connectivity index (χ4v) is 2.04. The Morgan fingerprint density at radius 2 is 1.79 bits per heavy atom. The maximum Gasteiger partial charge on any atom is 0.224 e. The van der Waals surface area contributed by atoms with Crippen molar-refractivity contribution in [3.63, 3.8) is 0 Å². The Kier molecular flexibility index (Phi) is 8.26. The maximum absolute atomic E-state index is 12.5. The Morgan fingerprint density at radius 3 is 2.16 bits per heavy atom. The van der Waals surface area contributed by atoms with Gasteiger partial charge in [-0.25, -0.2) is 0 Å². The van der Waals surface area contributed by atoms with Gasteiger partial charge in [0.1, 0.15) is 0 Å². The molecule has 1 atom stereocenters. The molecule has 0 aromatic rings. The zero-order valence-corrected chi connectivity index (χ0v) is 13.5. The Labute approximate surface area is 118 Å². The van der Waals surface area contributed by atoms with Crippen LogP contribution in [0.15, 0.2) is 0 Å². The van der Waals surface area contributed by atoms with Gasteiger partial charge >= 0.3 is 0 Å². The first-order valence-corrected chi connectivity index (χ1v) is 7.31.